The van der Waals surface area contributed by atoms with Crippen molar-refractivity contribution < 1.29 is 4.79 Å². The minimum Gasteiger partial charge on any atom is -0.299 e. The van der Waals surface area contributed by atoms with E-state index >= 15 is 0 Å². The Balaban J connectivity index is 2.14. The van der Waals surface area contributed by atoms with Crippen LogP contribution in [0.15, 0.2) is 0 Å². The maximum absolute atomic E-state index is 11.6. The molecule has 0 bridgehead atoms. The van der Waals surface area contributed by atoms with Crippen LogP contribution in [0.2, 0.25) is 0 Å². The first-order chi connectivity index (χ1) is 5.58. The number of fused-ring (bicyclic) bond motifs is 1. The van der Waals surface area contributed by atoms with Gasteiger partial charge < -0.3 is 0 Å². The fourth-order valence-corrected chi connectivity index (χ4v) is 3.10. The molecule has 68 valence electrons. The second-order valence-electron chi connectivity index (χ2n) is 5.30. The Morgan fingerprint density at radius 1 is 1.33 bits per heavy atom. The smallest absolute Gasteiger partial charge is 0.136 e. The molecule has 2 saturated carbocycles. The molecule has 0 aromatic carbocycles. The van der Waals surface area contributed by atoms with Crippen LogP contribution in [0.1, 0.15) is 46.0 Å². The molecule has 0 radical (unpaired) electrons. The molecule has 0 aromatic rings. The van der Waals surface area contributed by atoms with Gasteiger partial charge in [0.25, 0.3) is 0 Å². The average molecular weight is 166 g/mol. The summed E-state index contributed by atoms with van der Waals surface area (Å²) in [6, 6.07) is 0. The van der Waals surface area contributed by atoms with Gasteiger partial charge in [-0.15, -0.1) is 0 Å². The lowest BCUT2D eigenvalue weighted by atomic mass is 9.81. The molecule has 2 aliphatic carbocycles. The topological polar surface area (TPSA) is 17.1 Å². The lowest BCUT2D eigenvalue weighted by Gasteiger charge is -2.22. The molecule has 12 heavy (non-hydrogen) atoms. The van der Waals surface area contributed by atoms with Crippen molar-refractivity contribution in [1.29, 1.82) is 0 Å². The SMILES string of the molecule is CC1(C)C[C@H]2CCCC(=O)[C@@H]2C1. The highest BCUT2D eigenvalue weighted by Crippen LogP contribution is 2.49. The second kappa shape index (κ2) is 2.58. The van der Waals surface area contributed by atoms with Crippen LogP contribution in [-0.2, 0) is 4.79 Å². The number of carbonyl (C=O) groups excluding carboxylic acids is 1. The third-order valence-electron chi connectivity index (χ3n) is 3.57. The van der Waals surface area contributed by atoms with Crippen molar-refractivity contribution in [3.63, 3.8) is 0 Å². The Bertz CT molecular complexity index is 205. The van der Waals surface area contributed by atoms with E-state index in [1.165, 1.54) is 12.8 Å². The number of hydrogen-bond acceptors (Lipinski definition) is 1. The first-order valence-electron chi connectivity index (χ1n) is 5.11. The van der Waals surface area contributed by atoms with Crippen LogP contribution in [0.5, 0.6) is 0 Å². The number of hydrogen-bond donors (Lipinski definition) is 0. The number of ketones is 1. The van der Waals surface area contributed by atoms with E-state index < -0.39 is 0 Å². The van der Waals surface area contributed by atoms with Gasteiger partial charge in [-0.2, -0.15) is 0 Å². The molecule has 2 fully saturated rings. The minimum atomic E-state index is 0.439. The lowest BCUT2D eigenvalue weighted by molar-refractivity contribution is -0.125. The van der Waals surface area contributed by atoms with Crippen LogP contribution in [0.3, 0.4) is 0 Å². The van der Waals surface area contributed by atoms with Gasteiger partial charge in [0.05, 0.1) is 0 Å². The van der Waals surface area contributed by atoms with E-state index in [4.69, 9.17) is 0 Å². The molecule has 0 saturated heterocycles. The van der Waals surface area contributed by atoms with Crippen LogP contribution in [-0.4, -0.2) is 5.78 Å². The normalized spacial score (nSPS) is 39.7. The summed E-state index contributed by atoms with van der Waals surface area (Å²) < 4.78 is 0. The maximum Gasteiger partial charge on any atom is 0.136 e. The molecule has 1 nitrogen and oxygen atoms in total. The van der Waals surface area contributed by atoms with Crippen molar-refractivity contribution in [3.8, 4) is 0 Å². The minimum absolute atomic E-state index is 0.439. The van der Waals surface area contributed by atoms with Gasteiger partial charge in [-0.1, -0.05) is 13.8 Å². The lowest BCUT2D eigenvalue weighted by Crippen LogP contribution is -2.23. The highest BCUT2D eigenvalue weighted by Gasteiger charge is 2.43. The van der Waals surface area contributed by atoms with E-state index in [-0.39, 0.29) is 0 Å². The predicted molar refractivity (Wildman–Crippen MR) is 48.9 cm³/mol. The number of carbonyl (C=O) groups is 1. The Labute approximate surface area is 74.5 Å². The Morgan fingerprint density at radius 2 is 2.08 bits per heavy atom. The largest absolute Gasteiger partial charge is 0.299 e. The highest BCUT2D eigenvalue weighted by molar-refractivity contribution is 5.82. The molecular formula is C11H18O. The molecule has 0 spiro atoms. The molecule has 0 unspecified atom stereocenters. The van der Waals surface area contributed by atoms with Crippen LogP contribution >= 0.6 is 0 Å². The van der Waals surface area contributed by atoms with Gasteiger partial charge in [-0.3, -0.25) is 4.79 Å². The van der Waals surface area contributed by atoms with E-state index in [2.05, 4.69) is 13.8 Å². The Kier molecular flexibility index (Phi) is 1.78. The van der Waals surface area contributed by atoms with Crippen LogP contribution in [0.4, 0.5) is 0 Å². The van der Waals surface area contributed by atoms with Gasteiger partial charge in [-0.25, -0.2) is 0 Å². The zero-order valence-corrected chi connectivity index (χ0v) is 8.10. The van der Waals surface area contributed by atoms with Gasteiger partial charge in [0.2, 0.25) is 0 Å². The first-order valence-corrected chi connectivity index (χ1v) is 5.11. The third-order valence-corrected chi connectivity index (χ3v) is 3.57. The summed E-state index contributed by atoms with van der Waals surface area (Å²) in [5, 5.41) is 0. The fraction of sp³-hybridized carbons (Fsp3) is 0.909. The van der Waals surface area contributed by atoms with Crippen molar-refractivity contribution in [2.45, 2.75) is 46.0 Å². The molecule has 0 aliphatic heterocycles. The average Bonchev–Trinajstić information content (AvgIpc) is 2.25. The van der Waals surface area contributed by atoms with Crippen LogP contribution in [0, 0.1) is 17.3 Å². The van der Waals surface area contributed by atoms with Gasteiger partial charge in [0, 0.05) is 12.3 Å². The summed E-state index contributed by atoms with van der Waals surface area (Å²) >= 11 is 0. The molecular weight excluding hydrogens is 148 g/mol. The summed E-state index contributed by atoms with van der Waals surface area (Å²) in [5.74, 6) is 1.73. The van der Waals surface area contributed by atoms with Gasteiger partial charge in [-0.05, 0) is 37.0 Å². The summed E-state index contributed by atoms with van der Waals surface area (Å²) in [6.45, 7) is 4.61. The fourth-order valence-electron chi connectivity index (χ4n) is 3.10. The molecule has 0 heterocycles. The highest BCUT2D eigenvalue weighted by atomic mass is 16.1. The van der Waals surface area contributed by atoms with E-state index in [9.17, 15) is 4.79 Å². The molecule has 1 heteroatoms. The maximum atomic E-state index is 11.6. The molecule has 0 aromatic heterocycles. The van der Waals surface area contributed by atoms with Crippen molar-refractivity contribution in [2.75, 3.05) is 0 Å². The molecule has 0 amide bonds. The van der Waals surface area contributed by atoms with Gasteiger partial charge in [0.15, 0.2) is 0 Å². The molecule has 2 aliphatic rings. The van der Waals surface area contributed by atoms with E-state index in [0.717, 1.165) is 25.2 Å². The van der Waals surface area contributed by atoms with Crippen molar-refractivity contribution in [2.24, 2.45) is 17.3 Å². The summed E-state index contributed by atoms with van der Waals surface area (Å²) in [5.41, 5.74) is 0.440. The van der Waals surface area contributed by atoms with E-state index in [0.29, 0.717) is 17.1 Å². The predicted octanol–water partition coefficient (Wildman–Crippen LogP) is 2.79. The monoisotopic (exact) mass is 166 g/mol. The molecule has 2 atom stereocenters. The van der Waals surface area contributed by atoms with E-state index in [1.807, 2.05) is 0 Å². The van der Waals surface area contributed by atoms with Gasteiger partial charge in [0.1, 0.15) is 5.78 Å². The van der Waals surface area contributed by atoms with Gasteiger partial charge >= 0.3 is 0 Å². The standard InChI is InChI=1S/C11H18O/c1-11(2)6-8-4-3-5-10(12)9(8)7-11/h8-9H,3-7H2,1-2H3/t8-,9-/m1/s1. The van der Waals surface area contributed by atoms with Crippen LogP contribution < -0.4 is 0 Å². The first kappa shape index (κ1) is 8.28. The number of rotatable bonds is 0. The van der Waals surface area contributed by atoms with Crippen LogP contribution in [0.25, 0.3) is 0 Å². The zero-order chi connectivity index (χ0) is 8.77. The summed E-state index contributed by atoms with van der Waals surface area (Å²) in [6.07, 6.45) is 5.74. The Hall–Kier alpha value is -0.330. The second-order valence-corrected chi connectivity index (χ2v) is 5.30. The van der Waals surface area contributed by atoms with Crippen molar-refractivity contribution >= 4 is 5.78 Å². The molecule has 2 rings (SSSR count). The third kappa shape index (κ3) is 1.30. The quantitative estimate of drug-likeness (QED) is 0.541. The van der Waals surface area contributed by atoms with Crippen molar-refractivity contribution in [3.05, 3.63) is 0 Å². The number of Topliss-reactive ketones (excluding diaryl/α,β-unsaturated/α-hetero) is 1. The van der Waals surface area contributed by atoms with Crippen molar-refractivity contribution in [1.82, 2.24) is 0 Å². The summed E-state index contributed by atoms with van der Waals surface area (Å²) in [7, 11) is 0. The van der Waals surface area contributed by atoms with E-state index in [1.54, 1.807) is 0 Å². The Morgan fingerprint density at radius 3 is 2.75 bits per heavy atom. The summed E-state index contributed by atoms with van der Waals surface area (Å²) in [4.78, 5) is 11.6. The zero-order valence-electron chi connectivity index (χ0n) is 8.10. The molecule has 0 N–H and O–H groups in total.